The lowest BCUT2D eigenvalue weighted by molar-refractivity contribution is -0.144. The Morgan fingerprint density at radius 3 is 2.71 bits per heavy atom. The van der Waals surface area contributed by atoms with E-state index in [4.69, 9.17) is 11.6 Å². The maximum Gasteiger partial charge on any atom is 0.241 e. The molecule has 5 aliphatic heterocycles. The molecule has 1 aliphatic carbocycles. The predicted octanol–water partition coefficient (Wildman–Crippen LogP) is -0.353. The maximum atomic E-state index is 13.5. The number of alkyl halides is 1. The van der Waals surface area contributed by atoms with E-state index in [2.05, 4.69) is 25.8 Å². The Morgan fingerprint density at radius 2 is 1.97 bits per heavy atom. The van der Waals surface area contributed by atoms with Gasteiger partial charge in [-0.15, -0.1) is 11.6 Å². The van der Waals surface area contributed by atoms with Crippen molar-refractivity contribution in [2.24, 2.45) is 17.8 Å². The van der Waals surface area contributed by atoms with Gasteiger partial charge in [0.15, 0.2) is 0 Å². The van der Waals surface area contributed by atoms with Crippen molar-refractivity contribution in [2.75, 3.05) is 32.7 Å². The van der Waals surface area contributed by atoms with Gasteiger partial charge in [0.2, 0.25) is 11.8 Å². The highest BCUT2D eigenvalue weighted by Crippen LogP contribution is 2.50. The van der Waals surface area contributed by atoms with Crippen molar-refractivity contribution >= 4 is 35.4 Å². The number of fused-ring (bicyclic) bond motifs is 1. The number of aliphatic hydroxyl groups is 1. The second-order valence-corrected chi connectivity index (χ2v) is 12.6. The van der Waals surface area contributed by atoms with E-state index in [1.165, 1.54) is 32.1 Å². The van der Waals surface area contributed by atoms with Crippen LogP contribution in [0.2, 0.25) is 0 Å². The molecule has 0 aromatic rings. The van der Waals surface area contributed by atoms with Gasteiger partial charge in [0, 0.05) is 56.8 Å². The summed E-state index contributed by atoms with van der Waals surface area (Å²) in [6.45, 7) is 3.50. The number of likely N-dealkylation sites (tertiary alicyclic amines) is 1. The molecular formula is C23H37ClN6O3S. The van der Waals surface area contributed by atoms with Crippen LogP contribution in [0, 0.1) is 17.8 Å². The molecule has 5 N–H and O–H groups in total. The molecule has 5 heterocycles. The first-order valence-corrected chi connectivity index (χ1v) is 14.4. The van der Waals surface area contributed by atoms with Gasteiger partial charge in [-0.05, 0) is 50.4 Å². The first-order valence-electron chi connectivity index (χ1n) is 13.1. The van der Waals surface area contributed by atoms with Gasteiger partial charge >= 0.3 is 0 Å². The number of amides is 2. The first-order chi connectivity index (χ1) is 16.5. The van der Waals surface area contributed by atoms with Crippen molar-refractivity contribution in [1.29, 1.82) is 0 Å². The first kappa shape index (κ1) is 23.8. The quantitative estimate of drug-likeness (QED) is 0.251. The van der Waals surface area contributed by atoms with Crippen molar-refractivity contribution in [2.45, 2.75) is 79.4 Å². The van der Waals surface area contributed by atoms with E-state index < -0.39 is 12.1 Å². The SMILES string of the molecule is O=C(NC1CNC(C(=O)N2CC(O)C2)C(Cl)C1)C1SNC(C2CCCN3NCCC23)C1C1CC1. The summed E-state index contributed by atoms with van der Waals surface area (Å²) in [6.07, 6.45) is 6.27. The summed E-state index contributed by atoms with van der Waals surface area (Å²) in [5, 5.41) is 18.0. The molecule has 8 unspecified atom stereocenters. The normalized spacial score (nSPS) is 43.4. The van der Waals surface area contributed by atoms with Crippen molar-refractivity contribution in [3.05, 3.63) is 0 Å². The second kappa shape index (κ2) is 9.68. The lowest BCUT2D eigenvalue weighted by Crippen LogP contribution is -2.64. The molecule has 11 heteroatoms. The third-order valence-corrected chi connectivity index (χ3v) is 10.4. The number of carbonyl (C=O) groups is 2. The van der Waals surface area contributed by atoms with E-state index in [0.29, 0.717) is 55.9 Å². The van der Waals surface area contributed by atoms with Crippen molar-refractivity contribution in [3.8, 4) is 0 Å². The summed E-state index contributed by atoms with van der Waals surface area (Å²) < 4.78 is 3.73. The largest absolute Gasteiger partial charge is 0.389 e. The van der Waals surface area contributed by atoms with Crippen LogP contribution in [0.3, 0.4) is 0 Å². The zero-order valence-corrected chi connectivity index (χ0v) is 21.1. The number of nitrogens with zero attached hydrogens (tertiary/aromatic N) is 2. The van der Waals surface area contributed by atoms with Gasteiger partial charge in [0.1, 0.15) is 11.3 Å². The third kappa shape index (κ3) is 4.48. The molecule has 9 nitrogen and oxygen atoms in total. The smallest absolute Gasteiger partial charge is 0.241 e. The number of carbonyl (C=O) groups excluding carboxylic acids is 2. The molecule has 1 saturated carbocycles. The molecule has 34 heavy (non-hydrogen) atoms. The summed E-state index contributed by atoms with van der Waals surface area (Å²) in [5.41, 5.74) is 3.55. The molecule has 5 saturated heterocycles. The zero-order valence-electron chi connectivity index (χ0n) is 19.5. The molecule has 8 atom stereocenters. The molecule has 190 valence electrons. The number of β-amino-alcohol motifs (C(OH)–C–C–N with tert-alkyl or cyclic N) is 1. The number of hydrogen-bond donors (Lipinski definition) is 5. The van der Waals surface area contributed by atoms with E-state index in [-0.39, 0.29) is 28.5 Å². The molecule has 0 aromatic carbocycles. The lowest BCUT2D eigenvalue weighted by Gasteiger charge is -2.42. The minimum Gasteiger partial charge on any atom is -0.389 e. The molecular weight excluding hydrogens is 476 g/mol. The van der Waals surface area contributed by atoms with Crippen molar-refractivity contribution in [3.63, 3.8) is 0 Å². The van der Waals surface area contributed by atoms with E-state index in [9.17, 15) is 14.7 Å². The fourth-order valence-electron chi connectivity index (χ4n) is 6.90. The van der Waals surface area contributed by atoms with E-state index in [1.54, 1.807) is 16.8 Å². The minimum absolute atomic E-state index is 0.0507. The summed E-state index contributed by atoms with van der Waals surface area (Å²) in [6, 6.07) is 0.434. The molecule has 0 bridgehead atoms. The van der Waals surface area contributed by atoms with E-state index in [1.807, 2.05) is 0 Å². The second-order valence-electron chi connectivity index (χ2n) is 11.1. The van der Waals surface area contributed by atoms with Gasteiger partial charge in [-0.2, -0.15) is 0 Å². The Labute approximate surface area is 210 Å². The Balaban J connectivity index is 1.06. The molecule has 0 radical (unpaired) electrons. The van der Waals surface area contributed by atoms with Gasteiger partial charge < -0.3 is 20.6 Å². The number of hydrazine groups is 1. The topological polar surface area (TPSA) is 109 Å². The summed E-state index contributed by atoms with van der Waals surface area (Å²) >= 11 is 8.22. The highest BCUT2D eigenvalue weighted by Gasteiger charge is 2.54. The van der Waals surface area contributed by atoms with Gasteiger partial charge in [0.25, 0.3) is 0 Å². The molecule has 0 aromatic heterocycles. The lowest BCUT2D eigenvalue weighted by atomic mass is 9.75. The monoisotopic (exact) mass is 512 g/mol. The molecule has 0 spiro atoms. The fourth-order valence-corrected chi connectivity index (χ4v) is 8.67. The Bertz CT molecular complexity index is 799. The van der Waals surface area contributed by atoms with Gasteiger partial charge in [-0.3, -0.25) is 19.7 Å². The predicted molar refractivity (Wildman–Crippen MR) is 131 cm³/mol. The average Bonchev–Trinajstić information content (AvgIpc) is 3.35. The summed E-state index contributed by atoms with van der Waals surface area (Å²) in [7, 11) is 0. The van der Waals surface area contributed by atoms with Crippen LogP contribution in [-0.2, 0) is 9.59 Å². The maximum absolute atomic E-state index is 13.5. The van der Waals surface area contributed by atoms with E-state index in [0.717, 1.165) is 13.1 Å². The van der Waals surface area contributed by atoms with Crippen LogP contribution in [-0.4, -0.2) is 100 Å². The van der Waals surface area contributed by atoms with Crippen LogP contribution >= 0.6 is 23.5 Å². The molecule has 6 aliphatic rings. The number of halogens is 1. The highest BCUT2D eigenvalue weighted by molar-refractivity contribution is 7.99. The van der Waals surface area contributed by atoms with Crippen LogP contribution < -0.4 is 20.8 Å². The minimum atomic E-state index is -0.456. The Hall–Kier alpha value is -0.620. The van der Waals surface area contributed by atoms with Crippen LogP contribution in [0.4, 0.5) is 0 Å². The van der Waals surface area contributed by atoms with Crippen LogP contribution in [0.5, 0.6) is 0 Å². The standard InChI is InChI=1S/C23H37ClN6O3S/c24-16-8-13(9-25-20(16)23(33)29-10-14(31)11-29)27-22(32)21-18(12-3-4-12)19(28-34-21)15-2-1-7-30-17(15)5-6-26-30/h12-21,25-26,28,31H,1-11H2,(H,27,32). The third-order valence-electron chi connectivity index (χ3n) is 8.81. The van der Waals surface area contributed by atoms with Gasteiger partial charge in [-0.1, -0.05) is 11.9 Å². The number of hydrogen-bond acceptors (Lipinski definition) is 8. The number of rotatable bonds is 5. The van der Waals surface area contributed by atoms with Gasteiger partial charge in [-0.25, -0.2) is 5.01 Å². The Morgan fingerprint density at radius 1 is 1.15 bits per heavy atom. The van der Waals surface area contributed by atoms with E-state index >= 15 is 0 Å². The molecule has 6 rings (SSSR count). The van der Waals surface area contributed by atoms with Crippen LogP contribution in [0.15, 0.2) is 0 Å². The zero-order chi connectivity index (χ0) is 23.4. The number of piperidine rings is 2. The fraction of sp³-hybridized carbons (Fsp3) is 0.913. The van der Waals surface area contributed by atoms with Gasteiger partial charge in [0.05, 0.1) is 11.5 Å². The summed E-state index contributed by atoms with van der Waals surface area (Å²) in [4.78, 5) is 27.7. The Kier molecular flexibility index (Phi) is 6.77. The van der Waals surface area contributed by atoms with Crippen molar-refractivity contribution < 1.29 is 14.7 Å². The molecule has 6 fully saturated rings. The average molecular weight is 513 g/mol. The number of nitrogens with one attached hydrogen (secondary N) is 4. The molecule has 2 amide bonds. The van der Waals surface area contributed by atoms with Crippen LogP contribution in [0.1, 0.15) is 38.5 Å². The van der Waals surface area contributed by atoms with Crippen molar-refractivity contribution in [1.82, 2.24) is 30.7 Å². The summed E-state index contributed by atoms with van der Waals surface area (Å²) in [5.74, 6) is 1.68. The van der Waals surface area contributed by atoms with Crippen LogP contribution in [0.25, 0.3) is 0 Å². The highest BCUT2D eigenvalue weighted by atomic mass is 35.5. The number of aliphatic hydroxyl groups excluding tert-OH is 1.